The molecule has 0 saturated carbocycles. The number of hydrogen-bond donors (Lipinski definition) is 1. The lowest BCUT2D eigenvalue weighted by Gasteiger charge is -2.35. The molecule has 2 amide bonds. The first kappa shape index (κ1) is 27.4. The van der Waals surface area contributed by atoms with E-state index in [0.717, 1.165) is 4.68 Å². The number of methoxy groups -OCH3 is 2. The Morgan fingerprint density at radius 2 is 1.61 bits per heavy atom. The van der Waals surface area contributed by atoms with Gasteiger partial charge in [-0.3, -0.25) is 4.79 Å². The van der Waals surface area contributed by atoms with E-state index < -0.39 is 35.9 Å². The fourth-order valence-corrected chi connectivity index (χ4v) is 4.55. The first-order chi connectivity index (χ1) is 17.8. The molecule has 10 nitrogen and oxygen atoms in total. The van der Waals surface area contributed by atoms with Gasteiger partial charge in [0.25, 0.3) is 5.91 Å². The summed E-state index contributed by atoms with van der Waals surface area (Å²) in [7, 11) is 2.93. The average Bonchev–Trinajstić information content (AvgIpc) is 3.29. The monoisotopic (exact) mass is 539 g/mol. The molecule has 0 bridgehead atoms. The molecular weight excluding hydrogens is 507 g/mol. The van der Waals surface area contributed by atoms with Crippen molar-refractivity contribution in [2.45, 2.75) is 51.1 Å². The molecule has 1 aromatic carbocycles. The molecule has 0 radical (unpaired) electrons. The third-order valence-electron chi connectivity index (χ3n) is 6.44. The van der Waals surface area contributed by atoms with Crippen molar-refractivity contribution in [3.63, 3.8) is 0 Å². The number of hydrogen-bond acceptors (Lipinski definition) is 7. The zero-order chi connectivity index (χ0) is 27.8. The number of ether oxygens (including phenoxy) is 3. The minimum Gasteiger partial charge on any atom is -0.493 e. The number of rotatable bonds is 4. The van der Waals surface area contributed by atoms with Gasteiger partial charge in [-0.25, -0.2) is 9.48 Å². The van der Waals surface area contributed by atoms with Crippen LogP contribution in [0.3, 0.4) is 0 Å². The number of aromatic nitrogens is 2. The Kier molecular flexibility index (Phi) is 7.39. The van der Waals surface area contributed by atoms with Crippen molar-refractivity contribution in [3.8, 4) is 11.5 Å². The van der Waals surface area contributed by atoms with Crippen LogP contribution in [-0.4, -0.2) is 83.8 Å². The maximum atomic E-state index is 14.1. The summed E-state index contributed by atoms with van der Waals surface area (Å²) in [4.78, 5) is 28.4. The quantitative estimate of drug-likeness (QED) is 0.620. The SMILES string of the molecule is COc1ccc(C2CC(C(F)(F)F)n3nc(C(=O)N4CCN(C(=O)OC(C)(C)C)CC4)cc3N2)cc1OC. The summed E-state index contributed by atoms with van der Waals surface area (Å²) >= 11 is 0. The highest BCUT2D eigenvalue weighted by Crippen LogP contribution is 2.44. The van der Waals surface area contributed by atoms with E-state index in [0.29, 0.717) is 17.1 Å². The molecular formula is C25H32F3N5O5. The lowest BCUT2D eigenvalue weighted by Crippen LogP contribution is -2.51. The van der Waals surface area contributed by atoms with Gasteiger partial charge in [-0.2, -0.15) is 18.3 Å². The van der Waals surface area contributed by atoms with Crippen LogP contribution in [0.2, 0.25) is 0 Å². The van der Waals surface area contributed by atoms with Gasteiger partial charge in [0.2, 0.25) is 0 Å². The van der Waals surface area contributed by atoms with Crippen LogP contribution in [0, 0.1) is 0 Å². The normalized spacial score (nSPS) is 19.9. The second-order valence-corrected chi connectivity index (χ2v) is 10.2. The Morgan fingerprint density at radius 1 is 0.974 bits per heavy atom. The minimum absolute atomic E-state index is 0.0918. The third kappa shape index (κ3) is 5.76. The van der Waals surface area contributed by atoms with Crippen LogP contribution in [0.1, 0.15) is 55.3 Å². The Labute approximate surface area is 218 Å². The van der Waals surface area contributed by atoms with Crippen molar-refractivity contribution in [2.24, 2.45) is 0 Å². The van der Waals surface area contributed by atoms with Gasteiger partial charge in [-0.15, -0.1) is 0 Å². The van der Waals surface area contributed by atoms with Gasteiger partial charge in [-0.1, -0.05) is 6.07 Å². The number of nitrogens with one attached hydrogen (secondary N) is 1. The highest BCUT2D eigenvalue weighted by atomic mass is 19.4. The second kappa shape index (κ2) is 10.3. The lowest BCUT2D eigenvalue weighted by atomic mass is 9.96. The maximum absolute atomic E-state index is 14.1. The van der Waals surface area contributed by atoms with E-state index in [4.69, 9.17) is 14.2 Å². The molecule has 1 saturated heterocycles. The summed E-state index contributed by atoms with van der Waals surface area (Å²) in [6.07, 6.45) is -5.38. The number of fused-ring (bicyclic) bond motifs is 1. The van der Waals surface area contributed by atoms with Crippen molar-refractivity contribution in [3.05, 3.63) is 35.5 Å². The van der Waals surface area contributed by atoms with Crippen LogP contribution in [0.4, 0.5) is 23.8 Å². The molecule has 4 rings (SSSR count). The average molecular weight is 540 g/mol. The Bertz CT molecular complexity index is 1190. The zero-order valence-corrected chi connectivity index (χ0v) is 22.0. The molecule has 1 N–H and O–H groups in total. The molecule has 1 fully saturated rings. The number of piperazine rings is 1. The number of amides is 2. The molecule has 2 atom stereocenters. The maximum Gasteiger partial charge on any atom is 0.410 e. The van der Waals surface area contributed by atoms with Crippen molar-refractivity contribution < 1.29 is 37.0 Å². The number of nitrogens with zero attached hydrogens (tertiary/aromatic N) is 4. The summed E-state index contributed by atoms with van der Waals surface area (Å²) in [6, 6.07) is 3.65. The number of carbonyl (C=O) groups excluding carboxylic acids is 2. The fraction of sp³-hybridized carbons (Fsp3) is 0.560. The number of alkyl halides is 3. The second-order valence-electron chi connectivity index (χ2n) is 10.2. The van der Waals surface area contributed by atoms with Crippen molar-refractivity contribution in [1.82, 2.24) is 19.6 Å². The summed E-state index contributed by atoms with van der Waals surface area (Å²) in [5.74, 6) is 0.454. The lowest BCUT2D eigenvalue weighted by molar-refractivity contribution is -0.173. The number of halogens is 3. The Hall–Kier alpha value is -3.64. The molecule has 2 aliphatic rings. The predicted octanol–water partition coefficient (Wildman–Crippen LogP) is 4.25. The van der Waals surface area contributed by atoms with Gasteiger partial charge in [0.1, 0.15) is 11.4 Å². The van der Waals surface area contributed by atoms with Crippen molar-refractivity contribution in [2.75, 3.05) is 45.7 Å². The van der Waals surface area contributed by atoms with Crippen LogP contribution in [-0.2, 0) is 4.74 Å². The zero-order valence-electron chi connectivity index (χ0n) is 22.0. The number of benzene rings is 1. The molecule has 208 valence electrons. The van der Waals surface area contributed by atoms with Gasteiger partial charge in [0, 0.05) is 38.7 Å². The van der Waals surface area contributed by atoms with Crippen LogP contribution in [0.15, 0.2) is 24.3 Å². The van der Waals surface area contributed by atoms with Gasteiger partial charge in [0.15, 0.2) is 23.2 Å². The van der Waals surface area contributed by atoms with E-state index in [1.54, 1.807) is 39.0 Å². The first-order valence-corrected chi connectivity index (χ1v) is 12.2. The standard InChI is InChI=1S/C25H32F3N5O5/c1-24(2,3)38-23(35)32-10-8-31(9-11-32)22(34)17-14-21-29-16(13-20(25(26,27)28)33(21)30-17)15-6-7-18(36-4)19(12-15)37-5/h6-7,12,14,16,20,29H,8-11,13H2,1-5H3. The molecule has 0 spiro atoms. The molecule has 3 heterocycles. The highest BCUT2D eigenvalue weighted by molar-refractivity contribution is 5.93. The summed E-state index contributed by atoms with van der Waals surface area (Å²) in [6.45, 7) is 6.22. The Balaban J connectivity index is 1.52. The molecule has 1 aromatic heterocycles. The summed E-state index contributed by atoms with van der Waals surface area (Å²) in [5, 5.41) is 7.15. The number of carbonyl (C=O) groups is 2. The van der Waals surface area contributed by atoms with Gasteiger partial charge < -0.3 is 29.3 Å². The fourth-order valence-electron chi connectivity index (χ4n) is 4.55. The van der Waals surface area contributed by atoms with Crippen LogP contribution < -0.4 is 14.8 Å². The van der Waals surface area contributed by atoms with E-state index in [1.807, 2.05) is 0 Å². The molecule has 38 heavy (non-hydrogen) atoms. The van der Waals surface area contributed by atoms with Crippen LogP contribution in [0.5, 0.6) is 11.5 Å². The van der Waals surface area contributed by atoms with E-state index in [2.05, 4.69) is 10.4 Å². The van der Waals surface area contributed by atoms with Crippen LogP contribution in [0.25, 0.3) is 0 Å². The minimum atomic E-state index is -4.59. The van der Waals surface area contributed by atoms with Gasteiger partial charge >= 0.3 is 12.3 Å². The molecule has 2 unspecified atom stereocenters. The van der Waals surface area contributed by atoms with Crippen LogP contribution >= 0.6 is 0 Å². The molecule has 2 aromatic rings. The van der Waals surface area contributed by atoms with E-state index in [1.165, 1.54) is 30.1 Å². The molecule has 2 aliphatic heterocycles. The predicted molar refractivity (Wildman–Crippen MR) is 132 cm³/mol. The topological polar surface area (TPSA) is 98.2 Å². The van der Waals surface area contributed by atoms with E-state index in [9.17, 15) is 22.8 Å². The summed E-state index contributed by atoms with van der Waals surface area (Å²) < 4.78 is 59.0. The van der Waals surface area contributed by atoms with E-state index in [-0.39, 0.29) is 44.1 Å². The molecule has 0 aliphatic carbocycles. The highest BCUT2D eigenvalue weighted by Gasteiger charge is 2.47. The largest absolute Gasteiger partial charge is 0.493 e. The Morgan fingerprint density at radius 3 is 2.18 bits per heavy atom. The third-order valence-corrected chi connectivity index (χ3v) is 6.44. The van der Waals surface area contributed by atoms with Crippen molar-refractivity contribution >= 4 is 17.8 Å². The first-order valence-electron chi connectivity index (χ1n) is 12.2. The van der Waals surface area contributed by atoms with Crippen molar-refractivity contribution in [1.29, 1.82) is 0 Å². The smallest absolute Gasteiger partial charge is 0.410 e. The number of anilines is 1. The molecule has 13 heteroatoms. The van der Waals surface area contributed by atoms with Gasteiger partial charge in [-0.05, 0) is 38.5 Å². The van der Waals surface area contributed by atoms with E-state index >= 15 is 0 Å². The van der Waals surface area contributed by atoms with Gasteiger partial charge in [0.05, 0.1) is 20.3 Å². The summed E-state index contributed by atoms with van der Waals surface area (Å²) in [5.41, 5.74) is -0.160.